The van der Waals surface area contributed by atoms with E-state index in [2.05, 4.69) is 40.7 Å². The minimum atomic E-state index is 0.815. The van der Waals surface area contributed by atoms with Crippen molar-refractivity contribution in [2.45, 2.75) is 13.1 Å². The summed E-state index contributed by atoms with van der Waals surface area (Å²) in [6.07, 6.45) is 0. The maximum Gasteiger partial charge on any atom is 0.184 e. The highest BCUT2D eigenvalue weighted by Crippen LogP contribution is 2.29. The molecule has 0 aliphatic heterocycles. The Hall–Kier alpha value is -1.63. The lowest BCUT2D eigenvalue weighted by Gasteiger charge is -2.06. The lowest BCUT2D eigenvalue weighted by molar-refractivity contribution is 0.403. The third-order valence-electron chi connectivity index (χ3n) is 3.22. The molecule has 0 amide bonds. The minimum absolute atomic E-state index is 0.815. The first-order valence-corrected chi connectivity index (χ1v) is 8.73. The van der Waals surface area contributed by atoms with E-state index in [1.165, 1.54) is 10.4 Å². The number of benzene rings is 1. The summed E-state index contributed by atoms with van der Waals surface area (Å²) in [5.74, 6) is 0.870. The third-order valence-corrected chi connectivity index (χ3v) is 5.18. The molecule has 4 nitrogen and oxygen atoms in total. The summed E-state index contributed by atoms with van der Waals surface area (Å²) in [4.78, 5) is 8.11. The molecule has 0 atom stereocenters. The second-order valence-electron chi connectivity index (χ2n) is 5.37. The summed E-state index contributed by atoms with van der Waals surface area (Å²) < 4.78 is 6.39. The number of anilines is 1. The van der Waals surface area contributed by atoms with Gasteiger partial charge in [-0.1, -0.05) is 11.3 Å². The van der Waals surface area contributed by atoms with Gasteiger partial charge in [-0.15, -0.1) is 11.3 Å². The Kier molecular flexibility index (Phi) is 4.61. The van der Waals surface area contributed by atoms with Crippen molar-refractivity contribution in [1.29, 1.82) is 0 Å². The predicted octanol–water partition coefficient (Wildman–Crippen LogP) is 4.04. The highest BCUT2D eigenvalue weighted by Gasteiger charge is 2.06. The Balaban J connectivity index is 1.67. The lowest BCUT2D eigenvalue weighted by atomic mass is 10.3. The fraction of sp³-hybridized carbons (Fsp3) is 0.312. The summed E-state index contributed by atoms with van der Waals surface area (Å²) >= 11 is 3.45. The molecule has 0 saturated carbocycles. The summed E-state index contributed by atoms with van der Waals surface area (Å²) in [5.41, 5.74) is 2.37. The van der Waals surface area contributed by atoms with E-state index in [4.69, 9.17) is 4.74 Å². The molecule has 22 heavy (non-hydrogen) atoms. The van der Waals surface area contributed by atoms with Crippen LogP contribution in [-0.4, -0.2) is 31.1 Å². The van der Waals surface area contributed by atoms with Gasteiger partial charge in [-0.3, -0.25) is 0 Å². The van der Waals surface area contributed by atoms with Crippen LogP contribution in [0.25, 0.3) is 10.2 Å². The topological polar surface area (TPSA) is 37.4 Å². The van der Waals surface area contributed by atoms with E-state index in [0.29, 0.717) is 0 Å². The molecule has 6 heteroatoms. The van der Waals surface area contributed by atoms with Crippen molar-refractivity contribution in [1.82, 2.24) is 9.88 Å². The van der Waals surface area contributed by atoms with Gasteiger partial charge in [0.25, 0.3) is 0 Å². The fourth-order valence-corrected chi connectivity index (χ4v) is 3.95. The summed E-state index contributed by atoms with van der Waals surface area (Å²) in [6, 6.07) is 8.22. The monoisotopic (exact) mass is 333 g/mol. The van der Waals surface area contributed by atoms with Crippen molar-refractivity contribution in [3.8, 4) is 5.75 Å². The average Bonchev–Trinajstić information content (AvgIpc) is 3.09. The number of hydrogen-bond donors (Lipinski definition) is 1. The van der Waals surface area contributed by atoms with Crippen molar-refractivity contribution < 1.29 is 4.74 Å². The second kappa shape index (κ2) is 6.64. The molecule has 0 fully saturated rings. The zero-order chi connectivity index (χ0) is 15.5. The zero-order valence-electron chi connectivity index (χ0n) is 12.9. The summed E-state index contributed by atoms with van der Waals surface area (Å²) in [6.45, 7) is 1.80. The number of nitrogens with zero attached hydrogens (tertiary/aromatic N) is 2. The molecule has 1 N–H and O–H groups in total. The Bertz CT molecular complexity index is 764. The molecule has 3 aromatic rings. The quantitative estimate of drug-likeness (QED) is 0.739. The van der Waals surface area contributed by atoms with Gasteiger partial charge in [0.2, 0.25) is 0 Å². The van der Waals surface area contributed by atoms with Crippen molar-refractivity contribution in [3.05, 3.63) is 40.1 Å². The second-order valence-corrected chi connectivity index (χ2v) is 7.39. The molecule has 3 rings (SSSR count). The molecule has 0 radical (unpaired) electrons. The van der Waals surface area contributed by atoms with Crippen LogP contribution < -0.4 is 10.1 Å². The molecule has 2 heterocycles. The largest absolute Gasteiger partial charge is 0.497 e. The smallest absolute Gasteiger partial charge is 0.184 e. The Labute approximate surface area is 138 Å². The van der Waals surface area contributed by atoms with Crippen LogP contribution in [0.3, 0.4) is 0 Å². The molecule has 0 bridgehead atoms. The molecule has 0 spiro atoms. The van der Waals surface area contributed by atoms with Gasteiger partial charge in [0.05, 0.1) is 23.9 Å². The maximum atomic E-state index is 5.25. The highest BCUT2D eigenvalue weighted by molar-refractivity contribution is 7.22. The molecule has 116 valence electrons. The SMILES string of the molecule is COc1ccc2nc(NCc3cc(CN(C)C)cs3)sc2c1. The number of aromatic nitrogens is 1. The van der Waals surface area contributed by atoms with Crippen LogP contribution in [0.5, 0.6) is 5.75 Å². The van der Waals surface area contributed by atoms with Crippen LogP contribution in [0.2, 0.25) is 0 Å². The molecule has 0 aliphatic carbocycles. The van der Waals surface area contributed by atoms with Gasteiger partial charge in [-0.25, -0.2) is 4.98 Å². The number of hydrogen-bond acceptors (Lipinski definition) is 6. The van der Waals surface area contributed by atoms with Crippen LogP contribution in [0, 0.1) is 0 Å². The lowest BCUT2D eigenvalue weighted by Crippen LogP contribution is -2.09. The van der Waals surface area contributed by atoms with E-state index < -0.39 is 0 Å². The van der Waals surface area contributed by atoms with Gasteiger partial charge in [-0.05, 0) is 49.3 Å². The zero-order valence-corrected chi connectivity index (χ0v) is 14.6. The summed E-state index contributed by atoms with van der Waals surface area (Å²) in [7, 11) is 5.86. The molecular weight excluding hydrogens is 314 g/mol. The van der Waals surface area contributed by atoms with Crippen LogP contribution in [0.15, 0.2) is 29.6 Å². The number of rotatable bonds is 6. The van der Waals surface area contributed by atoms with Crippen molar-refractivity contribution >= 4 is 38.0 Å². The minimum Gasteiger partial charge on any atom is -0.497 e. The molecule has 0 unspecified atom stereocenters. The summed E-state index contributed by atoms with van der Waals surface area (Å²) in [5, 5.41) is 6.59. The number of thiophene rings is 1. The normalized spacial score (nSPS) is 11.3. The molecule has 2 aromatic heterocycles. The van der Waals surface area contributed by atoms with Crippen LogP contribution in [0.1, 0.15) is 10.4 Å². The van der Waals surface area contributed by atoms with Crippen LogP contribution >= 0.6 is 22.7 Å². The van der Waals surface area contributed by atoms with Gasteiger partial charge in [0.1, 0.15) is 5.75 Å². The highest BCUT2D eigenvalue weighted by atomic mass is 32.1. The van der Waals surface area contributed by atoms with E-state index in [-0.39, 0.29) is 0 Å². The van der Waals surface area contributed by atoms with Gasteiger partial charge in [-0.2, -0.15) is 0 Å². The molecular formula is C16H19N3OS2. The fourth-order valence-electron chi connectivity index (χ4n) is 2.24. The van der Waals surface area contributed by atoms with Crippen LogP contribution in [0.4, 0.5) is 5.13 Å². The first-order chi connectivity index (χ1) is 10.6. The molecule has 0 saturated heterocycles. The molecule has 0 aliphatic rings. The van der Waals surface area contributed by atoms with Gasteiger partial charge >= 0.3 is 0 Å². The number of methoxy groups -OCH3 is 1. The van der Waals surface area contributed by atoms with Crippen molar-refractivity contribution in [2.24, 2.45) is 0 Å². The van der Waals surface area contributed by atoms with Crippen LogP contribution in [-0.2, 0) is 13.1 Å². The number of fused-ring (bicyclic) bond motifs is 1. The maximum absolute atomic E-state index is 5.25. The van der Waals surface area contributed by atoms with Crippen molar-refractivity contribution in [2.75, 3.05) is 26.5 Å². The van der Waals surface area contributed by atoms with E-state index in [1.54, 1.807) is 29.8 Å². The standard InChI is InChI=1S/C16H19N3OS2/c1-19(2)9-11-6-13(21-10-11)8-17-16-18-14-5-4-12(20-3)7-15(14)22-16/h4-7,10H,8-9H2,1-3H3,(H,17,18). The van der Waals surface area contributed by atoms with E-state index in [1.807, 2.05) is 18.2 Å². The third kappa shape index (κ3) is 3.58. The number of nitrogens with one attached hydrogen (secondary N) is 1. The Morgan fingerprint density at radius 1 is 1.27 bits per heavy atom. The Morgan fingerprint density at radius 3 is 2.91 bits per heavy atom. The first-order valence-electron chi connectivity index (χ1n) is 7.03. The molecule has 1 aromatic carbocycles. The number of ether oxygens (including phenoxy) is 1. The predicted molar refractivity (Wildman–Crippen MR) is 95.2 cm³/mol. The number of thiazole rings is 1. The van der Waals surface area contributed by atoms with Gasteiger partial charge in [0.15, 0.2) is 5.13 Å². The van der Waals surface area contributed by atoms with E-state index >= 15 is 0 Å². The van der Waals surface area contributed by atoms with Gasteiger partial charge < -0.3 is 15.0 Å². The average molecular weight is 333 g/mol. The van der Waals surface area contributed by atoms with Gasteiger partial charge in [0, 0.05) is 11.4 Å². The van der Waals surface area contributed by atoms with Crippen molar-refractivity contribution in [3.63, 3.8) is 0 Å². The first kappa shape index (κ1) is 15.3. The van der Waals surface area contributed by atoms with E-state index in [9.17, 15) is 0 Å². The van der Waals surface area contributed by atoms with E-state index in [0.717, 1.165) is 34.2 Å². The Morgan fingerprint density at radius 2 is 2.14 bits per heavy atom.